The molecule has 0 atom stereocenters. The first-order valence-electron chi connectivity index (χ1n) is 9.32. The molecule has 1 saturated carbocycles. The van der Waals surface area contributed by atoms with E-state index in [1.54, 1.807) is 10.5 Å². The van der Waals surface area contributed by atoms with Crippen molar-refractivity contribution in [2.24, 2.45) is 5.92 Å². The average Bonchev–Trinajstić information content (AvgIpc) is 3.11. The topological polar surface area (TPSA) is 84.3 Å². The molecule has 27 heavy (non-hydrogen) atoms. The summed E-state index contributed by atoms with van der Waals surface area (Å²) in [7, 11) is -3.47. The molecule has 2 aromatic heterocycles. The van der Waals surface area contributed by atoms with Crippen LogP contribution in [-0.2, 0) is 34.3 Å². The van der Waals surface area contributed by atoms with Crippen LogP contribution in [0.15, 0.2) is 21.9 Å². The number of nitrogens with one attached hydrogen (secondary N) is 1. The van der Waals surface area contributed by atoms with Crippen LogP contribution in [-0.4, -0.2) is 41.3 Å². The number of imidazole rings is 1. The number of nitrogens with zero attached hydrogens (tertiary/aromatic N) is 3. The van der Waals surface area contributed by atoms with Crippen LogP contribution in [0.1, 0.15) is 36.3 Å². The Bertz CT molecular complexity index is 944. The fraction of sp³-hybridized carbons (Fsp3) is 0.556. The van der Waals surface area contributed by atoms with E-state index in [1.165, 1.54) is 11.3 Å². The molecule has 0 radical (unpaired) electrons. The summed E-state index contributed by atoms with van der Waals surface area (Å²) in [6, 6.07) is 1.84. The number of carbonyl (C=O) groups excluding carboxylic acids is 1. The van der Waals surface area contributed by atoms with Crippen molar-refractivity contribution >= 4 is 27.3 Å². The molecule has 146 valence electrons. The van der Waals surface area contributed by atoms with Crippen LogP contribution >= 0.6 is 11.3 Å². The van der Waals surface area contributed by atoms with Gasteiger partial charge in [0.05, 0.1) is 18.4 Å². The van der Waals surface area contributed by atoms with E-state index in [9.17, 15) is 13.2 Å². The Hall–Kier alpha value is -1.71. The quantitative estimate of drug-likeness (QED) is 0.819. The number of aromatic nitrogens is 2. The Morgan fingerprint density at radius 3 is 2.81 bits per heavy atom. The van der Waals surface area contributed by atoms with Gasteiger partial charge in [-0.25, -0.2) is 13.4 Å². The normalized spacial score (nSPS) is 18.6. The first-order valence-corrected chi connectivity index (χ1v) is 11.6. The van der Waals surface area contributed by atoms with Gasteiger partial charge in [0.1, 0.15) is 10.0 Å². The molecule has 0 aromatic carbocycles. The van der Waals surface area contributed by atoms with E-state index in [0.29, 0.717) is 36.8 Å². The monoisotopic (exact) mass is 408 g/mol. The maximum atomic E-state index is 13.0. The van der Waals surface area contributed by atoms with Crippen LogP contribution < -0.4 is 5.32 Å². The van der Waals surface area contributed by atoms with E-state index in [4.69, 9.17) is 0 Å². The van der Waals surface area contributed by atoms with E-state index in [2.05, 4.69) is 14.9 Å². The third-order valence-corrected chi connectivity index (χ3v) is 9.05. The first kappa shape index (κ1) is 18.6. The van der Waals surface area contributed by atoms with Crippen LogP contribution in [0.4, 0.5) is 0 Å². The zero-order chi connectivity index (χ0) is 19.0. The molecule has 0 bridgehead atoms. The highest BCUT2D eigenvalue weighted by molar-refractivity contribution is 7.91. The van der Waals surface area contributed by atoms with Gasteiger partial charge in [-0.2, -0.15) is 4.31 Å². The van der Waals surface area contributed by atoms with E-state index in [-0.39, 0.29) is 11.8 Å². The van der Waals surface area contributed by atoms with Crippen LogP contribution in [0.3, 0.4) is 0 Å². The fourth-order valence-corrected chi connectivity index (χ4v) is 6.57. The van der Waals surface area contributed by atoms with Crippen LogP contribution in [0.25, 0.3) is 0 Å². The van der Waals surface area contributed by atoms with Gasteiger partial charge in [-0.3, -0.25) is 4.79 Å². The predicted molar refractivity (Wildman–Crippen MR) is 103 cm³/mol. The summed E-state index contributed by atoms with van der Waals surface area (Å²) in [5.41, 5.74) is 1.73. The Kier molecular flexibility index (Phi) is 5.09. The molecule has 0 unspecified atom stereocenters. The Morgan fingerprint density at radius 1 is 1.33 bits per heavy atom. The number of rotatable bonds is 5. The van der Waals surface area contributed by atoms with Gasteiger partial charge in [0, 0.05) is 32.0 Å². The molecule has 1 N–H and O–H groups in total. The molecular weight excluding hydrogens is 384 g/mol. The molecular formula is C18H24N4O3S2. The number of sulfonamides is 1. The molecule has 7 nitrogen and oxygen atoms in total. The summed E-state index contributed by atoms with van der Waals surface area (Å²) in [5, 5.41) is 4.81. The largest absolute Gasteiger partial charge is 0.350 e. The summed E-state index contributed by atoms with van der Waals surface area (Å²) < 4.78 is 30.0. The lowest BCUT2D eigenvalue weighted by Gasteiger charge is -2.24. The number of thiophene rings is 1. The summed E-state index contributed by atoms with van der Waals surface area (Å²) in [4.78, 5) is 16.5. The maximum Gasteiger partial charge on any atom is 0.252 e. The number of fused-ring (bicyclic) bond motifs is 1. The molecule has 0 saturated heterocycles. The minimum atomic E-state index is -3.47. The molecule has 9 heteroatoms. The molecule has 1 amide bonds. The lowest BCUT2D eigenvalue weighted by atomic mass is 9.85. The van der Waals surface area contributed by atoms with Gasteiger partial charge in [0.2, 0.25) is 5.91 Å². The van der Waals surface area contributed by atoms with Crippen molar-refractivity contribution in [2.75, 3.05) is 13.1 Å². The SMILES string of the molecule is Cc1ccsc1S(=O)(=O)N1CCc2ncc(CNC(=O)C3CCC3)n2CC1. The summed E-state index contributed by atoms with van der Waals surface area (Å²) >= 11 is 1.27. The van der Waals surface area contributed by atoms with Crippen molar-refractivity contribution in [1.82, 2.24) is 19.2 Å². The van der Waals surface area contributed by atoms with Gasteiger partial charge in [-0.1, -0.05) is 6.42 Å². The van der Waals surface area contributed by atoms with Gasteiger partial charge in [0.15, 0.2) is 0 Å². The van der Waals surface area contributed by atoms with Crippen LogP contribution in [0.2, 0.25) is 0 Å². The maximum absolute atomic E-state index is 13.0. The fourth-order valence-electron chi connectivity index (χ4n) is 3.59. The van der Waals surface area contributed by atoms with Crippen molar-refractivity contribution in [3.05, 3.63) is 34.7 Å². The molecule has 1 aliphatic carbocycles. The Balaban J connectivity index is 1.45. The molecule has 2 aromatic rings. The number of carbonyl (C=O) groups is 1. The second kappa shape index (κ2) is 7.37. The summed E-state index contributed by atoms with van der Waals surface area (Å²) in [6.45, 7) is 3.65. The Morgan fingerprint density at radius 2 is 2.15 bits per heavy atom. The summed E-state index contributed by atoms with van der Waals surface area (Å²) in [5.74, 6) is 1.15. The molecule has 3 heterocycles. The van der Waals surface area contributed by atoms with Crippen LogP contribution in [0, 0.1) is 12.8 Å². The second-order valence-electron chi connectivity index (χ2n) is 7.21. The highest BCUT2D eigenvalue weighted by atomic mass is 32.2. The van der Waals surface area contributed by atoms with Crippen molar-refractivity contribution in [2.45, 2.75) is 49.9 Å². The third kappa shape index (κ3) is 3.55. The number of amides is 1. The standard InChI is InChI=1S/C18H24N4O3S2/c1-13-6-10-26-18(13)27(24,25)21-7-5-16-19-11-15(22(16)9-8-21)12-20-17(23)14-3-2-4-14/h6,10-11,14H,2-5,7-9,12H2,1H3,(H,20,23). The minimum absolute atomic E-state index is 0.114. The van der Waals surface area contributed by atoms with E-state index >= 15 is 0 Å². The van der Waals surface area contributed by atoms with E-state index in [1.807, 2.05) is 18.4 Å². The van der Waals surface area contributed by atoms with Crippen LogP contribution in [0.5, 0.6) is 0 Å². The summed E-state index contributed by atoms with van der Waals surface area (Å²) in [6.07, 6.45) is 5.45. The average molecular weight is 409 g/mol. The van der Waals surface area contributed by atoms with Crippen molar-refractivity contribution in [1.29, 1.82) is 0 Å². The van der Waals surface area contributed by atoms with Crippen molar-refractivity contribution in [3.63, 3.8) is 0 Å². The molecule has 1 fully saturated rings. The van der Waals surface area contributed by atoms with Gasteiger partial charge in [-0.05, 0) is 36.8 Å². The second-order valence-corrected chi connectivity index (χ2v) is 10.3. The number of hydrogen-bond acceptors (Lipinski definition) is 5. The van der Waals surface area contributed by atoms with Crippen molar-refractivity contribution in [3.8, 4) is 0 Å². The van der Waals surface area contributed by atoms with Crippen molar-refractivity contribution < 1.29 is 13.2 Å². The Labute approximate surface area is 163 Å². The van der Waals surface area contributed by atoms with Gasteiger partial charge >= 0.3 is 0 Å². The first-order chi connectivity index (χ1) is 13.0. The predicted octanol–water partition coefficient (Wildman–Crippen LogP) is 1.92. The molecule has 4 rings (SSSR count). The molecule has 1 aliphatic heterocycles. The molecule has 0 spiro atoms. The lowest BCUT2D eigenvalue weighted by Crippen LogP contribution is -2.35. The smallest absolute Gasteiger partial charge is 0.252 e. The zero-order valence-corrected chi connectivity index (χ0v) is 17.0. The van der Waals surface area contributed by atoms with Gasteiger partial charge in [-0.15, -0.1) is 11.3 Å². The zero-order valence-electron chi connectivity index (χ0n) is 15.3. The highest BCUT2D eigenvalue weighted by Crippen LogP contribution is 2.27. The van der Waals surface area contributed by atoms with E-state index < -0.39 is 10.0 Å². The van der Waals surface area contributed by atoms with Gasteiger partial charge < -0.3 is 9.88 Å². The third-order valence-electron chi connectivity index (χ3n) is 5.49. The number of hydrogen-bond donors (Lipinski definition) is 1. The molecule has 2 aliphatic rings. The van der Waals surface area contributed by atoms with E-state index in [0.717, 1.165) is 36.3 Å². The van der Waals surface area contributed by atoms with Gasteiger partial charge in [0.25, 0.3) is 10.0 Å². The lowest BCUT2D eigenvalue weighted by molar-refractivity contribution is -0.127. The number of aryl methyl sites for hydroxylation is 1. The highest BCUT2D eigenvalue weighted by Gasteiger charge is 2.30. The minimum Gasteiger partial charge on any atom is -0.350 e.